The SMILES string of the molecule is COc1ccc2nc(N(/N=C/c3cc(OC)c(OC)c(OC)c3)C(=O)c3ccc(Br)s3)sc2c1. The number of hydrogen-bond donors (Lipinski definition) is 0. The molecular weight excluding hydrogens is 542 g/mol. The van der Waals surface area contributed by atoms with Crippen LogP contribution in [0.25, 0.3) is 10.2 Å². The number of amides is 1. The fourth-order valence-electron chi connectivity index (χ4n) is 3.13. The minimum atomic E-state index is -0.301. The summed E-state index contributed by atoms with van der Waals surface area (Å²) in [5.41, 5.74) is 1.40. The predicted octanol–water partition coefficient (Wildman–Crippen LogP) is 5.84. The lowest BCUT2D eigenvalue weighted by Gasteiger charge is -2.14. The van der Waals surface area contributed by atoms with Crippen LogP contribution in [0.4, 0.5) is 5.13 Å². The Labute approximate surface area is 212 Å². The molecule has 0 saturated carbocycles. The van der Waals surface area contributed by atoms with Gasteiger partial charge in [0.05, 0.1) is 53.5 Å². The highest BCUT2D eigenvalue weighted by Gasteiger charge is 2.23. The van der Waals surface area contributed by atoms with Crippen molar-refractivity contribution in [2.24, 2.45) is 5.10 Å². The van der Waals surface area contributed by atoms with Gasteiger partial charge in [0.25, 0.3) is 5.91 Å². The zero-order valence-electron chi connectivity index (χ0n) is 18.7. The van der Waals surface area contributed by atoms with Gasteiger partial charge in [-0.05, 0) is 58.4 Å². The molecule has 34 heavy (non-hydrogen) atoms. The molecule has 176 valence electrons. The zero-order chi connectivity index (χ0) is 24.2. The Bertz CT molecular complexity index is 1340. The van der Waals surface area contributed by atoms with Crippen LogP contribution in [0.5, 0.6) is 23.0 Å². The van der Waals surface area contributed by atoms with Crippen molar-refractivity contribution in [3.63, 3.8) is 0 Å². The molecule has 2 aromatic carbocycles. The number of carbonyl (C=O) groups excluding carboxylic acids is 1. The van der Waals surface area contributed by atoms with Crippen LogP contribution in [0, 0.1) is 0 Å². The van der Waals surface area contributed by atoms with Crippen molar-refractivity contribution in [3.05, 3.63) is 56.7 Å². The standard InChI is InChI=1S/C23H20BrN3O5S2/c1-29-14-5-6-15-19(11-14)34-23(26-15)27(22(28)18-7-8-20(24)33-18)25-12-13-9-16(30-2)21(32-4)17(10-13)31-3/h5-12H,1-4H3/b25-12+. The van der Waals surface area contributed by atoms with Crippen molar-refractivity contribution in [2.75, 3.05) is 33.4 Å². The van der Waals surface area contributed by atoms with Gasteiger partial charge in [-0.1, -0.05) is 11.3 Å². The Balaban J connectivity index is 1.78. The number of hydrogen-bond acceptors (Lipinski definition) is 9. The summed E-state index contributed by atoms with van der Waals surface area (Å²) in [6.45, 7) is 0. The maximum Gasteiger partial charge on any atom is 0.290 e. The lowest BCUT2D eigenvalue weighted by molar-refractivity contribution is 0.0991. The zero-order valence-corrected chi connectivity index (χ0v) is 21.9. The summed E-state index contributed by atoms with van der Waals surface area (Å²) in [7, 11) is 6.22. The van der Waals surface area contributed by atoms with Gasteiger partial charge in [0.15, 0.2) is 11.5 Å². The fourth-order valence-corrected chi connectivity index (χ4v) is 5.39. The van der Waals surface area contributed by atoms with E-state index in [4.69, 9.17) is 18.9 Å². The lowest BCUT2D eigenvalue weighted by Crippen LogP contribution is -2.24. The number of aromatic nitrogens is 1. The maximum atomic E-state index is 13.4. The molecule has 0 unspecified atom stereocenters. The summed E-state index contributed by atoms with van der Waals surface area (Å²) in [6, 6.07) is 12.6. The Morgan fingerprint density at radius 2 is 1.71 bits per heavy atom. The number of rotatable bonds is 8. The maximum absolute atomic E-state index is 13.4. The van der Waals surface area contributed by atoms with Gasteiger partial charge in [-0.15, -0.1) is 11.3 Å². The highest BCUT2D eigenvalue weighted by Crippen LogP contribution is 2.38. The van der Waals surface area contributed by atoms with Gasteiger partial charge in [-0.3, -0.25) is 4.79 Å². The Morgan fingerprint density at radius 1 is 0.971 bits per heavy atom. The summed E-state index contributed by atoms with van der Waals surface area (Å²) in [5, 5.41) is 6.23. The fraction of sp³-hybridized carbons (Fsp3) is 0.174. The molecule has 2 heterocycles. The molecule has 0 aliphatic heterocycles. The minimum Gasteiger partial charge on any atom is -0.497 e. The number of thiophene rings is 1. The molecule has 0 bridgehead atoms. The molecular formula is C23H20BrN3O5S2. The van der Waals surface area contributed by atoms with E-state index in [-0.39, 0.29) is 5.91 Å². The third-order valence-corrected chi connectivity index (χ3v) is 7.36. The van der Waals surface area contributed by atoms with Gasteiger partial charge in [0, 0.05) is 5.56 Å². The lowest BCUT2D eigenvalue weighted by atomic mass is 10.2. The summed E-state index contributed by atoms with van der Waals surface area (Å²) < 4.78 is 23.3. The molecule has 11 heteroatoms. The molecule has 0 saturated heterocycles. The van der Waals surface area contributed by atoms with Crippen LogP contribution < -0.4 is 24.0 Å². The Kier molecular flexibility index (Phi) is 7.35. The first kappa shape index (κ1) is 24.0. The predicted molar refractivity (Wildman–Crippen MR) is 139 cm³/mol. The number of methoxy groups -OCH3 is 4. The molecule has 2 aromatic heterocycles. The van der Waals surface area contributed by atoms with E-state index in [1.165, 1.54) is 49.0 Å². The van der Waals surface area contributed by atoms with E-state index in [9.17, 15) is 4.79 Å². The van der Waals surface area contributed by atoms with Crippen LogP contribution in [0.15, 0.2) is 51.4 Å². The number of fused-ring (bicyclic) bond motifs is 1. The van der Waals surface area contributed by atoms with Gasteiger partial charge < -0.3 is 18.9 Å². The summed E-state index contributed by atoms with van der Waals surface area (Å²) in [6.07, 6.45) is 1.55. The number of halogens is 1. The molecule has 4 rings (SSSR count). The van der Waals surface area contributed by atoms with Gasteiger partial charge in [-0.2, -0.15) is 10.1 Å². The average Bonchev–Trinajstić information content (AvgIpc) is 3.48. The Hall–Kier alpha value is -3.15. The van der Waals surface area contributed by atoms with Crippen molar-refractivity contribution >= 4 is 66.1 Å². The largest absolute Gasteiger partial charge is 0.497 e. The van der Waals surface area contributed by atoms with Crippen LogP contribution >= 0.6 is 38.6 Å². The number of benzene rings is 2. The minimum absolute atomic E-state index is 0.301. The quantitative estimate of drug-likeness (QED) is 0.198. The Morgan fingerprint density at radius 3 is 2.29 bits per heavy atom. The average molecular weight is 562 g/mol. The molecule has 0 N–H and O–H groups in total. The topological polar surface area (TPSA) is 82.5 Å². The highest BCUT2D eigenvalue weighted by molar-refractivity contribution is 9.11. The van der Waals surface area contributed by atoms with Crippen molar-refractivity contribution in [2.45, 2.75) is 0 Å². The van der Waals surface area contributed by atoms with E-state index in [0.29, 0.717) is 38.6 Å². The van der Waals surface area contributed by atoms with Crippen molar-refractivity contribution < 1.29 is 23.7 Å². The third-order valence-electron chi connectivity index (χ3n) is 4.75. The van der Waals surface area contributed by atoms with Crippen LogP contribution in [-0.2, 0) is 0 Å². The van der Waals surface area contributed by atoms with E-state index >= 15 is 0 Å². The summed E-state index contributed by atoms with van der Waals surface area (Å²) in [5.74, 6) is 1.85. The second-order valence-electron chi connectivity index (χ2n) is 6.75. The van der Waals surface area contributed by atoms with Crippen LogP contribution in [0.3, 0.4) is 0 Å². The summed E-state index contributed by atoms with van der Waals surface area (Å²) in [4.78, 5) is 18.5. The molecule has 4 aromatic rings. The van der Waals surface area contributed by atoms with Gasteiger partial charge in [0.1, 0.15) is 5.75 Å². The van der Waals surface area contributed by atoms with E-state index < -0.39 is 0 Å². The van der Waals surface area contributed by atoms with Crippen molar-refractivity contribution in [1.29, 1.82) is 0 Å². The van der Waals surface area contributed by atoms with Gasteiger partial charge in [0.2, 0.25) is 10.9 Å². The number of carbonyl (C=O) groups is 1. The monoisotopic (exact) mass is 561 g/mol. The molecule has 8 nitrogen and oxygen atoms in total. The van der Waals surface area contributed by atoms with Gasteiger partial charge in [-0.25, -0.2) is 4.98 Å². The molecule has 0 aliphatic carbocycles. The number of nitrogens with zero attached hydrogens (tertiary/aromatic N) is 3. The van der Waals surface area contributed by atoms with Crippen LogP contribution in [0.1, 0.15) is 15.2 Å². The molecule has 0 radical (unpaired) electrons. The van der Waals surface area contributed by atoms with Gasteiger partial charge >= 0.3 is 0 Å². The van der Waals surface area contributed by atoms with E-state index in [0.717, 1.165) is 14.0 Å². The molecule has 0 fully saturated rings. The van der Waals surface area contributed by atoms with Crippen LogP contribution in [0.2, 0.25) is 0 Å². The molecule has 1 amide bonds. The number of hydrazone groups is 1. The summed E-state index contributed by atoms with van der Waals surface area (Å²) >= 11 is 6.08. The normalized spacial score (nSPS) is 11.1. The van der Waals surface area contributed by atoms with Crippen molar-refractivity contribution in [1.82, 2.24) is 4.98 Å². The van der Waals surface area contributed by atoms with E-state index in [1.54, 1.807) is 31.5 Å². The first-order valence-electron chi connectivity index (χ1n) is 9.85. The second-order valence-corrected chi connectivity index (χ2v) is 10.2. The second kappa shape index (κ2) is 10.4. The van der Waals surface area contributed by atoms with Crippen LogP contribution in [-0.4, -0.2) is 45.5 Å². The van der Waals surface area contributed by atoms with E-state index in [1.807, 2.05) is 24.3 Å². The third kappa shape index (κ3) is 4.86. The van der Waals surface area contributed by atoms with E-state index in [2.05, 4.69) is 26.0 Å². The van der Waals surface area contributed by atoms with Crippen molar-refractivity contribution in [3.8, 4) is 23.0 Å². The first-order valence-corrected chi connectivity index (χ1v) is 12.3. The molecule has 0 atom stereocenters. The molecule has 0 aliphatic rings. The molecule has 0 spiro atoms. The smallest absolute Gasteiger partial charge is 0.290 e. The number of anilines is 1. The first-order chi connectivity index (χ1) is 16.5. The highest BCUT2D eigenvalue weighted by atomic mass is 79.9. The number of thiazole rings is 1. The number of ether oxygens (including phenoxy) is 4.